The smallest absolute Gasteiger partial charge is 0.343 e. The minimum absolute atomic E-state index is 0.00578. The highest BCUT2D eigenvalue weighted by molar-refractivity contribution is 9.10. The van der Waals surface area contributed by atoms with Gasteiger partial charge >= 0.3 is 13.8 Å². The highest BCUT2D eigenvalue weighted by atomic mass is 79.9. The second kappa shape index (κ2) is 8.83. The number of nitrogens with two attached hydrogens (primary N) is 1. The molecule has 4 N–H and O–H groups in total. The van der Waals surface area contributed by atoms with E-state index in [0.717, 1.165) is 0 Å². The summed E-state index contributed by atoms with van der Waals surface area (Å²) in [5, 5.41) is 20.7. The zero-order valence-electron chi connectivity index (χ0n) is 16.0. The number of nitrogens with zero attached hydrogens (tertiary/aromatic N) is 4. The molecule has 3 aromatic rings. The van der Waals surface area contributed by atoms with Gasteiger partial charge in [0.15, 0.2) is 17.7 Å². The lowest BCUT2D eigenvalue weighted by molar-refractivity contribution is -0.222. The molecule has 0 radical (unpaired) electrons. The average molecular weight is 529 g/mol. The van der Waals surface area contributed by atoms with E-state index < -0.39 is 44.9 Å². The van der Waals surface area contributed by atoms with Crippen LogP contribution in [0.15, 0.2) is 41.4 Å². The van der Waals surface area contributed by atoms with Gasteiger partial charge in [0.1, 0.15) is 30.2 Å². The molecular weight excluding hydrogens is 513 g/mol. The number of aromatic nitrogens is 4. The lowest BCUT2D eigenvalue weighted by Crippen LogP contribution is -2.34. The first-order valence-electron chi connectivity index (χ1n) is 9.06. The molecule has 2 aromatic heterocycles. The summed E-state index contributed by atoms with van der Waals surface area (Å²) in [4.78, 5) is 36.0. The van der Waals surface area contributed by atoms with Crippen LogP contribution in [0.4, 0.5) is 5.82 Å². The van der Waals surface area contributed by atoms with Crippen molar-refractivity contribution < 1.29 is 38.3 Å². The number of aliphatic hydroxyl groups excluding tert-OH is 2. The van der Waals surface area contributed by atoms with Crippen molar-refractivity contribution in [3.8, 4) is 0 Å². The van der Waals surface area contributed by atoms with Crippen LogP contribution in [0.3, 0.4) is 0 Å². The van der Waals surface area contributed by atoms with Crippen LogP contribution in [0.2, 0.25) is 0 Å². The Morgan fingerprint density at radius 3 is 2.69 bits per heavy atom. The highest BCUT2D eigenvalue weighted by Gasteiger charge is 2.45. The number of anilines is 1. The molecule has 0 amide bonds. The summed E-state index contributed by atoms with van der Waals surface area (Å²) in [7, 11) is -5.09. The molecule has 170 valence electrons. The maximum atomic E-state index is 12.1. The number of phosphoric ester groups is 1. The normalized spacial score (nSPS) is 25.0. The average Bonchev–Trinajstić information content (AvgIpc) is 3.29. The van der Waals surface area contributed by atoms with Crippen LogP contribution in [0, 0.1) is 0 Å². The van der Waals surface area contributed by atoms with E-state index in [9.17, 15) is 24.5 Å². The molecule has 32 heavy (non-hydrogen) atoms. The molecule has 1 saturated heterocycles. The van der Waals surface area contributed by atoms with Gasteiger partial charge in [-0.1, -0.05) is 15.9 Å². The van der Waals surface area contributed by atoms with Gasteiger partial charge in [0.05, 0.1) is 18.5 Å². The van der Waals surface area contributed by atoms with Crippen LogP contribution in [0.1, 0.15) is 16.6 Å². The minimum Gasteiger partial charge on any atom is -0.746 e. The van der Waals surface area contributed by atoms with Gasteiger partial charge in [0.2, 0.25) is 0 Å². The number of hydrogen-bond acceptors (Lipinski definition) is 12. The number of halogens is 1. The number of carbonyl (C=O) groups excluding carboxylic acids is 1. The second-order valence-corrected chi connectivity index (χ2v) is 9.01. The van der Waals surface area contributed by atoms with Crippen LogP contribution < -0.4 is 10.6 Å². The Hall–Kier alpha value is -2.45. The summed E-state index contributed by atoms with van der Waals surface area (Å²) in [5.41, 5.74) is 6.24. The number of ether oxygens (including phenoxy) is 1. The van der Waals surface area contributed by atoms with E-state index in [1.807, 2.05) is 0 Å². The number of aliphatic hydroxyl groups is 2. The fourth-order valence-electron chi connectivity index (χ4n) is 3.08. The third-order valence-corrected chi connectivity index (χ3v) is 6.05. The summed E-state index contributed by atoms with van der Waals surface area (Å²) in [6.45, 7) is -0.715. The van der Waals surface area contributed by atoms with E-state index in [2.05, 4.69) is 35.4 Å². The van der Waals surface area contributed by atoms with E-state index in [1.54, 1.807) is 0 Å². The maximum Gasteiger partial charge on any atom is 0.343 e. The Balaban J connectivity index is 1.42. The molecule has 0 aliphatic carbocycles. The van der Waals surface area contributed by atoms with E-state index in [-0.39, 0.29) is 22.5 Å². The highest BCUT2D eigenvalue weighted by Crippen LogP contribution is 2.41. The fraction of sp³-hybridized carbons (Fsp3) is 0.294. The predicted molar refractivity (Wildman–Crippen MR) is 109 cm³/mol. The van der Waals surface area contributed by atoms with E-state index in [4.69, 9.17) is 15.0 Å². The van der Waals surface area contributed by atoms with Gasteiger partial charge in [0, 0.05) is 4.47 Å². The van der Waals surface area contributed by atoms with E-state index in [1.165, 1.54) is 41.5 Å². The molecule has 1 unspecified atom stereocenters. The van der Waals surface area contributed by atoms with E-state index >= 15 is 0 Å². The summed E-state index contributed by atoms with van der Waals surface area (Å²) >= 11 is 3.19. The van der Waals surface area contributed by atoms with Crippen molar-refractivity contribution >= 4 is 46.7 Å². The molecule has 1 fully saturated rings. The molecule has 13 nitrogen and oxygen atoms in total. The lowest BCUT2D eigenvalue weighted by atomic mass is 10.1. The second-order valence-electron chi connectivity index (χ2n) is 6.76. The van der Waals surface area contributed by atoms with Gasteiger partial charge in [-0.15, -0.1) is 0 Å². The molecule has 3 heterocycles. The first kappa shape index (κ1) is 22.7. The molecule has 15 heteroatoms. The molecular formula is C17H16BrN5O8P-. The van der Waals surface area contributed by atoms with Crippen LogP contribution in [0.25, 0.3) is 11.2 Å². The lowest BCUT2D eigenvalue weighted by Gasteiger charge is -2.24. The molecule has 1 aromatic carbocycles. The molecule has 0 bridgehead atoms. The molecule has 1 aliphatic heterocycles. The van der Waals surface area contributed by atoms with Crippen molar-refractivity contribution in [2.75, 3.05) is 12.3 Å². The maximum absolute atomic E-state index is 12.1. The van der Waals surface area contributed by atoms with Crippen molar-refractivity contribution in [1.82, 2.24) is 19.5 Å². The monoisotopic (exact) mass is 528 g/mol. The Bertz CT molecular complexity index is 1190. The standard InChI is InChI=1S/C17H17BrN5O8P/c18-9-3-1-8(2-4-9)17(26)31-32(27,28)29-5-10-12(24)13(25)16(30-10)23-7-22-11-14(19)20-6-21-15(11)23/h1-4,6-7,10,12-13,16,24-25H,5H2,(H,27,28)(H2,19,20,21)/p-1/t10-,12-,13-,16-/m1/s1. The summed E-state index contributed by atoms with van der Waals surface area (Å²) < 4.78 is 28.8. The van der Waals surface area contributed by atoms with Gasteiger partial charge < -0.3 is 34.6 Å². The number of imidazole rings is 1. The van der Waals surface area contributed by atoms with Gasteiger partial charge in [0.25, 0.3) is 0 Å². The SMILES string of the molecule is Nc1ncnc2c1ncn2[C@@H]1O[C@H](COP(=O)([O-])OC(=O)c2ccc(Br)cc2)[C@@H](O)[C@H]1O. The van der Waals surface area contributed by atoms with E-state index in [0.29, 0.717) is 4.47 Å². The molecule has 0 saturated carbocycles. The van der Waals surface area contributed by atoms with Crippen molar-refractivity contribution in [1.29, 1.82) is 0 Å². The number of carbonyl (C=O) groups is 1. The predicted octanol–water partition coefficient (Wildman–Crippen LogP) is 0.132. The zero-order valence-corrected chi connectivity index (χ0v) is 18.5. The van der Waals surface area contributed by atoms with Crippen molar-refractivity contribution in [3.05, 3.63) is 47.0 Å². The Kier molecular flexibility index (Phi) is 6.27. The minimum atomic E-state index is -5.09. The molecule has 4 rings (SSSR count). The topological polar surface area (TPSA) is 195 Å². The Labute approximate surface area is 188 Å². The number of nitrogen functional groups attached to an aromatic ring is 1. The third-order valence-electron chi connectivity index (χ3n) is 4.67. The summed E-state index contributed by atoms with van der Waals surface area (Å²) in [5.74, 6) is -1.02. The number of hydrogen-bond donors (Lipinski definition) is 3. The molecule has 1 aliphatic rings. The largest absolute Gasteiger partial charge is 0.746 e. The van der Waals surface area contributed by atoms with Crippen LogP contribution in [-0.4, -0.2) is 60.6 Å². The summed E-state index contributed by atoms with van der Waals surface area (Å²) in [6.07, 6.45) is -2.92. The van der Waals surface area contributed by atoms with Gasteiger partial charge in [-0.3, -0.25) is 9.13 Å². The van der Waals surface area contributed by atoms with Gasteiger partial charge in [-0.05, 0) is 24.3 Å². The Morgan fingerprint density at radius 2 is 1.97 bits per heavy atom. The van der Waals surface area contributed by atoms with Crippen molar-refractivity contribution in [2.24, 2.45) is 0 Å². The van der Waals surface area contributed by atoms with Crippen molar-refractivity contribution in [3.63, 3.8) is 0 Å². The van der Waals surface area contributed by atoms with Crippen LogP contribution in [0.5, 0.6) is 0 Å². The van der Waals surface area contributed by atoms with Gasteiger partial charge in [-0.25, -0.2) is 19.7 Å². The third kappa shape index (κ3) is 4.52. The summed E-state index contributed by atoms with van der Waals surface area (Å²) in [6, 6.07) is 5.80. The fourth-order valence-corrected chi connectivity index (χ4v) is 4.04. The first-order chi connectivity index (χ1) is 15.2. The number of rotatable bonds is 6. The number of benzene rings is 1. The van der Waals surface area contributed by atoms with Crippen LogP contribution in [-0.2, 0) is 18.3 Å². The molecule has 5 atom stereocenters. The first-order valence-corrected chi connectivity index (χ1v) is 11.3. The Morgan fingerprint density at radius 1 is 1.25 bits per heavy atom. The molecule has 0 spiro atoms. The van der Waals surface area contributed by atoms with Crippen molar-refractivity contribution in [2.45, 2.75) is 24.5 Å². The number of fused-ring (bicyclic) bond motifs is 1. The van der Waals surface area contributed by atoms with Crippen LogP contribution >= 0.6 is 23.8 Å². The number of phosphoric acid groups is 1. The zero-order chi connectivity index (χ0) is 23.0. The van der Waals surface area contributed by atoms with Gasteiger partial charge in [-0.2, -0.15) is 0 Å². The quantitative estimate of drug-likeness (QED) is 0.366.